The van der Waals surface area contributed by atoms with Crippen LogP contribution in [-0.4, -0.2) is 15.1 Å². The molecule has 0 amide bonds. The van der Waals surface area contributed by atoms with Crippen molar-refractivity contribution in [2.24, 2.45) is 0 Å². The molecule has 0 saturated carbocycles. The largest absolute Gasteiger partial charge is 0.507 e. The molecule has 0 unspecified atom stereocenters. The average molecular weight is 518 g/mol. The highest BCUT2D eigenvalue weighted by Crippen LogP contribution is 2.40. The number of halogens is 2. The van der Waals surface area contributed by atoms with Gasteiger partial charge in [-0.05, 0) is 51.9 Å². The van der Waals surface area contributed by atoms with Gasteiger partial charge >= 0.3 is 0 Å². The number of phenolic OH excluding ortho intramolecular Hbond substituents is 1. The molecule has 0 bridgehead atoms. The number of aromatic nitrogens is 2. The predicted molar refractivity (Wildman–Crippen MR) is 131 cm³/mol. The highest BCUT2D eigenvalue weighted by molar-refractivity contribution is 9.10. The van der Waals surface area contributed by atoms with Gasteiger partial charge in [0.2, 0.25) is 0 Å². The molecule has 3 nitrogen and oxygen atoms in total. The van der Waals surface area contributed by atoms with E-state index in [9.17, 15) is 5.11 Å². The summed E-state index contributed by atoms with van der Waals surface area (Å²) in [5.74, 6) is 0.880. The van der Waals surface area contributed by atoms with Crippen LogP contribution in [-0.2, 0) is 0 Å². The number of hydrogen-bond donors (Lipinski definition) is 2. The summed E-state index contributed by atoms with van der Waals surface area (Å²) in [4.78, 5) is 8.50. The number of imidazole rings is 1. The van der Waals surface area contributed by atoms with E-state index in [1.807, 2.05) is 42.5 Å². The molecule has 5 aromatic carbocycles. The molecule has 0 spiro atoms. The SMILES string of the molecule is Oc1ccc2ccccc2c1-c1nc2c3ccc(Br)cc3c3cc(Br)ccc3c2[nH]1. The Morgan fingerprint density at radius 2 is 1.40 bits per heavy atom. The van der Waals surface area contributed by atoms with Gasteiger partial charge in [-0.1, -0.05) is 74.3 Å². The Kier molecular flexibility index (Phi) is 3.92. The van der Waals surface area contributed by atoms with E-state index < -0.39 is 0 Å². The van der Waals surface area contributed by atoms with Gasteiger partial charge < -0.3 is 10.1 Å². The highest BCUT2D eigenvalue weighted by Gasteiger charge is 2.17. The van der Waals surface area contributed by atoms with Crippen LogP contribution in [0.4, 0.5) is 0 Å². The Hall–Kier alpha value is -2.89. The second kappa shape index (κ2) is 6.56. The number of hydrogen-bond acceptors (Lipinski definition) is 2. The number of nitrogens with zero attached hydrogens (tertiary/aromatic N) is 1. The van der Waals surface area contributed by atoms with Crippen molar-refractivity contribution < 1.29 is 5.11 Å². The predicted octanol–water partition coefficient (Wildman–Crippen LogP) is 7.92. The lowest BCUT2D eigenvalue weighted by Crippen LogP contribution is -1.85. The fraction of sp³-hybridized carbons (Fsp3) is 0. The van der Waals surface area contributed by atoms with Crippen LogP contribution in [0.2, 0.25) is 0 Å². The van der Waals surface area contributed by atoms with E-state index in [4.69, 9.17) is 4.98 Å². The Morgan fingerprint density at radius 1 is 0.700 bits per heavy atom. The van der Waals surface area contributed by atoms with Crippen LogP contribution >= 0.6 is 31.9 Å². The molecule has 1 aromatic heterocycles. The van der Waals surface area contributed by atoms with Gasteiger partial charge in [-0.3, -0.25) is 0 Å². The minimum atomic E-state index is 0.215. The van der Waals surface area contributed by atoms with Crippen molar-refractivity contribution in [2.75, 3.05) is 0 Å². The van der Waals surface area contributed by atoms with Crippen LogP contribution < -0.4 is 0 Å². The van der Waals surface area contributed by atoms with Gasteiger partial charge in [0.15, 0.2) is 0 Å². The van der Waals surface area contributed by atoms with Crippen LogP contribution in [0, 0.1) is 0 Å². The molecule has 0 atom stereocenters. The maximum Gasteiger partial charge on any atom is 0.142 e. The number of aromatic amines is 1. The number of benzene rings is 5. The van der Waals surface area contributed by atoms with E-state index in [2.05, 4.69) is 61.1 Å². The zero-order valence-electron chi connectivity index (χ0n) is 15.6. The summed E-state index contributed by atoms with van der Waals surface area (Å²) in [5.41, 5.74) is 2.59. The molecule has 30 heavy (non-hydrogen) atoms. The Bertz CT molecular complexity index is 1560. The third-order valence-corrected chi connectivity index (χ3v) is 6.61. The normalized spacial score (nSPS) is 11.8. The van der Waals surface area contributed by atoms with Gasteiger partial charge in [-0.2, -0.15) is 0 Å². The first-order valence-electron chi connectivity index (χ1n) is 9.51. The number of nitrogens with one attached hydrogen (secondary N) is 1. The van der Waals surface area contributed by atoms with E-state index in [0.717, 1.165) is 57.9 Å². The third-order valence-electron chi connectivity index (χ3n) is 5.63. The number of H-pyrrole nitrogens is 1. The van der Waals surface area contributed by atoms with Gasteiger partial charge in [0.25, 0.3) is 0 Å². The smallest absolute Gasteiger partial charge is 0.142 e. The second-order valence-electron chi connectivity index (χ2n) is 7.37. The molecule has 2 N–H and O–H groups in total. The summed E-state index contributed by atoms with van der Waals surface area (Å²) in [6, 6.07) is 24.2. The Morgan fingerprint density at radius 3 is 2.20 bits per heavy atom. The summed E-state index contributed by atoms with van der Waals surface area (Å²) in [6.07, 6.45) is 0. The maximum atomic E-state index is 10.7. The van der Waals surface area contributed by atoms with Crippen LogP contribution in [0.5, 0.6) is 5.75 Å². The molecule has 0 aliphatic heterocycles. The summed E-state index contributed by atoms with van der Waals surface area (Å²) >= 11 is 7.22. The molecule has 1 heterocycles. The molecule has 0 aliphatic carbocycles. The first kappa shape index (κ1) is 17.9. The van der Waals surface area contributed by atoms with Crippen molar-refractivity contribution >= 4 is 75.2 Å². The zero-order chi connectivity index (χ0) is 20.4. The summed E-state index contributed by atoms with van der Waals surface area (Å²) in [6.45, 7) is 0. The van der Waals surface area contributed by atoms with Crippen LogP contribution in [0.3, 0.4) is 0 Å². The lowest BCUT2D eigenvalue weighted by molar-refractivity contribution is 0.477. The quantitative estimate of drug-likeness (QED) is 0.217. The molecule has 0 saturated heterocycles. The number of phenols is 1. The molecule has 144 valence electrons. The maximum absolute atomic E-state index is 10.7. The highest BCUT2D eigenvalue weighted by atomic mass is 79.9. The first-order valence-corrected chi connectivity index (χ1v) is 11.1. The van der Waals surface area contributed by atoms with Gasteiger partial charge in [0.05, 0.1) is 16.6 Å². The molecule has 0 radical (unpaired) electrons. The second-order valence-corrected chi connectivity index (χ2v) is 9.20. The summed E-state index contributed by atoms with van der Waals surface area (Å²) in [7, 11) is 0. The average Bonchev–Trinajstić information content (AvgIpc) is 3.18. The molecule has 0 aliphatic rings. The third kappa shape index (κ3) is 2.59. The Labute approximate surface area is 188 Å². The van der Waals surface area contributed by atoms with Gasteiger partial charge in [0, 0.05) is 19.7 Å². The van der Waals surface area contributed by atoms with Crippen LogP contribution in [0.15, 0.2) is 81.7 Å². The zero-order valence-corrected chi connectivity index (χ0v) is 18.8. The molecule has 6 aromatic rings. The lowest BCUT2D eigenvalue weighted by atomic mass is 10.0. The van der Waals surface area contributed by atoms with Crippen LogP contribution in [0.1, 0.15) is 0 Å². The molecular formula is C25H14Br2N2O. The van der Waals surface area contributed by atoms with Gasteiger partial charge in [0.1, 0.15) is 11.6 Å². The Balaban J connectivity index is 1.79. The topological polar surface area (TPSA) is 48.9 Å². The monoisotopic (exact) mass is 516 g/mol. The summed E-state index contributed by atoms with van der Waals surface area (Å²) < 4.78 is 2.06. The molecule has 0 fully saturated rings. The van der Waals surface area contributed by atoms with E-state index in [-0.39, 0.29) is 5.75 Å². The number of rotatable bonds is 1. The molecule has 5 heteroatoms. The molecular weight excluding hydrogens is 504 g/mol. The van der Waals surface area contributed by atoms with Gasteiger partial charge in [-0.15, -0.1) is 0 Å². The number of fused-ring (bicyclic) bond motifs is 7. The minimum absolute atomic E-state index is 0.215. The lowest BCUT2D eigenvalue weighted by Gasteiger charge is -2.07. The van der Waals surface area contributed by atoms with Crippen molar-refractivity contribution in [3.8, 4) is 17.1 Å². The molecule has 6 rings (SSSR count). The minimum Gasteiger partial charge on any atom is -0.507 e. The van der Waals surface area contributed by atoms with Gasteiger partial charge in [-0.25, -0.2) is 4.98 Å². The van der Waals surface area contributed by atoms with Crippen molar-refractivity contribution in [3.05, 3.63) is 81.7 Å². The number of aromatic hydroxyl groups is 1. The summed E-state index contributed by atoms with van der Waals surface area (Å²) in [5, 5.41) is 17.2. The van der Waals surface area contributed by atoms with Crippen LogP contribution in [0.25, 0.3) is 54.7 Å². The standard InChI is InChI=1S/C25H14Br2N2O/c26-14-6-8-17-19(11-14)20-12-15(27)7-9-18(20)24-23(17)28-25(29-24)22-16-4-2-1-3-13(16)5-10-21(22)30/h1-12,30H,(H,28,29). The van der Waals surface area contributed by atoms with Crippen molar-refractivity contribution in [1.29, 1.82) is 0 Å². The fourth-order valence-corrected chi connectivity index (χ4v) is 5.02. The van der Waals surface area contributed by atoms with Crippen molar-refractivity contribution in [3.63, 3.8) is 0 Å². The fourth-order valence-electron chi connectivity index (χ4n) is 4.29. The van der Waals surface area contributed by atoms with Crippen molar-refractivity contribution in [1.82, 2.24) is 9.97 Å². The van der Waals surface area contributed by atoms with E-state index in [0.29, 0.717) is 5.82 Å². The van der Waals surface area contributed by atoms with E-state index in [1.165, 1.54) is 0 Å². The van der Waals surface area contributed by atoms with E-state index in [1.54, 1.807) is 6.07 Å². The van der Waals surface area contributed by atoms with Crippen molar-refractivity contribution in [2.45, 2.75) is 0 Å². The van der Waals surface area contributed by atoms with E-state index >= 15 is 0 Å². The first-order chi connectivity index (χ1) is 14.6.